The molecular formula is C20H26N2O5S2. The van der Waals surface area contributed by atoms with Crippen molar-refractivity contribution in [1.29, 1.82) is 0 Å². The molecule has 158 valence electrons. The molecule has 0 amide bonds. The van der Waals surface area contributed by atoms with Gasteiger partial charge in [-0.15, -0.1) is 0 Å². The first-order valence-electron chi connectivity index (χ1n) is 9.28. The number of hydrogen-bond donors (Lipinski definition) is 0. The van der Waals surface area contributed by atoms with Crippen molar-refractivity contribution >= 4 is 31.0 Å². The zero-order valence-corrected chi connectivity index (χ0v) is 18.5. The van der Waals surface area contributed by atoms with Gasteiger partial charge in [-0.3, -0.25) is 0 Å². The Kier molecular flexibility index (Phi) is 6.09. The van der Waals surface area contributed by atoms with E-state index in [9.17, 15) is 16.8 Å². The molecule has 2 aromatic carbocycles. The Hall–Kier alpha value is -2.26. The van der Waals surface area contributed by atoms with Crippen molar-refractivity contribution in [2.45, 2.75) is 16.2 Å². The van der Waals surface area contributed by atoms with E-state index < -0.39 is 19.7 Å². The van der Waals surface area contributed by atoms with E-state index in [1.54, 1.807) is 13.2 Å². The number of anilines is 2. The van der Waals surface area contributed by atoms with Crippen LogP contribution in [-0.4, -0.2) is 62.6 Å². The fraction of sp³-hybridized carbons (Fsp3) is 0.400. The number of sulfone groups is 2. The van der Waals surface area contributed by atoms with Crippen LogP contribution < -0.4 is 14.5 Å². The van der Waals surface area contributed by atoms with Crippen LogP contribution in [-0.2, 0) is 19.7 Å². The third kappa shape index (κ3) is 5.02. The van der Waals surface area contributed by atoms with Crippen LogP contribution in [0, 0.1) is 0 Å². The van der Waals surface area contributed by atoms with Crippen molar-refractivity contribution in [3.8, 4) is 5.75 Å². The van der Waals surface area contributed by atoms with Crippen LogP contribution >= 0.6 is 0 Å². The van der Waals surface area contributed by atoms with Crippen molar-refractivity contribution in [2.24, 2.45) is 0 Å². The number of hydrogen-bond acceptors (Lipinski definition) is 7. The molecular weight excluding hydrogens is 412 g/mol. The zero-order valence-electron chi connectivity index (χ0n) is 16.8. The Morgan fingerprint density at radius 2 is 1.41 bits per heavy atom. The van der Waals surface area contributed by atoms with E-state index in [2.05, 4.69) is 4.90 Å². The number of benzene rings is 2. The SMILES string of the molecule is COc1ccc(N2CCCN(c3ccc(S(C)(=O)=O)cc3S(C)(=O)=O)CC2)cc1. The molecule has 1 aliphatic heterocycles. The molecule has 0 aromatic heterocycles. The summed E-state index contributed by atoms with van der Waals surface area (Å²) in [5, 5.41) is 0. The monoisotopic (exact) mass is 438 g/mol. The Bertz CT molecular complexity index is 1080. The molecule has 0 unspecified atom stereocenters. The molecule has 1 aliphatic rings. The topological polar surface area (TPSA) is 84.0 Å². The number of nitrogens with zero attached hydrogens (tertiary/aromatic N) is 2. The summed E-state index contributed by atoms with van der Waals surface area (Å²) in [5.74, 6) is 0.800. The van der Waals surface area contributed by atoms with Gasteiger partial charge in [0.25, 0.3) is 0 Å². The molecule has 29 heavy (non-hydrogen) atoms. The molecule has 3 rings (SSSR count). The lowest BCUT2D eigenvalue weighted by Crippen LogP contribution is -2.31. The first-order valence-corrected chi connectivity index (χ1v) is 13.1. The molecule has 7 nitrogen and oxygen atoms in total. The van der Waals surface area contributed by atoms with Gasteiger partial charge in [0.1, 0.15) is 5.75 Å². The molecule has 9 heteroatoms. The highest BCUT2D eigenvalue weighted by molar-refractivity contribution is 7.91. The first kappa shape index (κ1) is 21.4. The van der Waals surface area contributed by atoms with Gasteiger partial charge in [0.15, 0.2) is 19.7 Å². The highest BCUT2D eigenvalue weighted by Gasteiger charge is 2.23. The smallest absolute Gasteiger partial charge is 0.177 e. The Morgan fingerprint density at radius 1 is 0.793 bits per heavy atom. The van der Waals surface area contributed by atoms with Gasteiger partial charge in [-0.25, -0.2) is 16.8 Å². The molecule has 0 radical (unpaired) electrons. The maximum Gasteiger partial charge on any atom is 0.177 e. The van der Waals surface area contributed by atoms with E-state index in [1.807, 2.05) is 29.2 Å². The molecule has 2 aromatic rings. The van der Waals surface area contributed by atoms with Crippen LogP contribution in [0.1, 0.15) is 6.42 Å². The van der Waals surface area contributed by atoms with Crippen LogP contribution in [0.2, 0.25) is 0 Å². The minimum Gasteiger partial charge on any atom is -0.497 e. The van der Waals surface area contributed by atoms with Crippen LogP contribution in [0.3, 0.4) is 0 Å². The first-order chi connectivity index (χ1) is 13.6. The summed E-state index contributed by atoms with van der Waals surface area (Å²) >= 11 is 0. The van der Waals surface area contributed by atoms with Crippen LogP contribution in [0.4, 0.5) is 11.4 Å². The molecule has 0 N–H and O–H groups in total. The minimum absolute atomic E-state index is 0.0105. The van der Waals surface area contributed by atoms with Crippen molar-refractivity contribution in [3.05, 3.63) is 42.5 Å². The molecule has 0 saturated carbocycles. The van der Waals surface area contributed by atoms with E-state index >= 15 is 0 Å². The van der Waals surface area contributed by atoms with E-state index in [0.717, 1.165) is 43.5 Å². The molecule has 0 aliphatic carbocycles. The minimum atomic E-state index is -3.58. The van der Waals surface area contributed by atoms with Crippen LogP contribution in [0.15, 0.2) is 52.3 Å². The molecule has 1 heterocycles. The number of rotatable bonds is 5. The summed E-state index contributed by atoms with van der Waals surface area (Å²) in [6.45, 7) is 2.89. The highest BCUT2D eigenvalue weighted by Crippen LogP contribution is 2.30. The third-order valence-electron chi connectivity index (χ3n) is 5.03. The van der Waals surface area contributed by atoms with Crippen molar-refractivity contribution < 1.29 is 21.6 Å². The summed E-state index contributed by atoms with van der Waals surface area (Å²) in [6.07, 6.45) is 3.04. The molecule has 0 spiro atoms. The lowest BCUT2D eigenvalue weighted by molar-refractivity contribution is 0.415. The fourth-order valence-corrected chi connectivity index (χ4v) is 5.13. The van der Waals surface area contributed by atoms with Gasteiger partial charge in [-0.05, 0) is 48.9 Å². The van der Waals surface area contributed by atoms with Gasteiger partial charge in [0.2, 0.25) is 0 Å². The van der Waals surface area contributed by atoms with E-state index in [0.29, 0.717) is 18.8 Å². The zero-order chi connectivity index (χ0) is 21.2. The van der Waals surface area contributed by atoms with E-state index in [-0.39, 0.29) is 9.79 Å². The fourth-order valence-electron chi connectivity index (χ4n) is 3.49. The Balaban J connectivity index is 1.87. The van der Waals surface area contributed by atoms with Gasteiger partial charge >= 0.3 is 0 Å². The van der Waals surface area contributed by atoms with Crippen LogP contribution in [0.5, 0.6) is 5.75 Å². The lowest BCUT2D eigenvalue weighted by Gasteiger charge is -2.26. The summed E-state index contributed by atoms with van der Waals surface area (Å²) < 4.78 is 53.7. The molecule has 1 saturated heterocycles. The van der Waals surface area contributed by atoms with Gasteiger partial charge < -0.3 is 14.5 Å². The second-order valence-corrected chi connectivity index (χ2v) is 11.2. The highest BCUT2D eigenvalue weighted by atomic mass is 32.2. The summed E-state index contributed by atoms with van der Waals surface area (Å²) in [5.41, 5.74) is 1.64. The average molecular weight is 439 g/mol. The van der Waals surface area contributed by atoms with Crippen molar-refractivity contribution in [1.82, 2.24) is 0 Å². The number of ether oxygens (including phenoxy) is 1. The van der Waals surface area contributed by atoms with E-state index in [1.165, 1.54) is 12.1 Å². The van der Waals surface area contributed by atoms with E-state index in [4.69, 9.17) is 4.74 Å². The second-order valence-electron chi connectivity index (χ2n) is 7.20. The number of methoxy groups -OCH3 is 1. The molecule has 0 atom stereocenters. The van der Waals surface area contributed by atoms with Gasteiger partial charge in [0.05, 0.1) is 22.6 Å². The third-order valence-corrected chi connectivity index (χ3v) is 7.27. The largest absolute Gasteiger partial charge is 0.497 e. The summed E-state index contributed by atoms with van der Waals surface area (Å²) in [4.78, 5) is 4.34. The van der Waals surface area contributed by atoms with Crippen molar-refractivity contribution in [3.63, 3.8) is 0 Å². The van der Waals surface area contributed by atoms with Crippen LogP contribution in [0.25, 0.3) is 0 Å². The predicted octanol–water partition coefficient (Wildman–Crippen LogP) is 2.22. The molecule has 0 bridgehead atoms. The quantitative estimate of drug-likeness (QED) is 0.708. The maximum absolute atomic E-state index is 12.4. The maximum atomic E-state index is 12.4. The summed E-state index contributed by atoms with van der Waals surface area (Å²) in [7, 11) is -5.44. The van der Waals surface area contributed by atoms with Gasteiger partial charge in [-0.1, -0.05) is 0 Å². The lowest BCUT2D eigenvalue weighted by atomic mass is 10.2. The van der Waals surface area contributed by atoms with Gasteiger partial charge in [0, 0.05) is 44.4 Å². The summed E-state index contributed by atoms with van der Waals surface area (Å²) in [6, 6.07) is 12.2. The average Bonchev–Trinajstić information content (AvgIpc) is 2.92. The molecule has 1 fully saturated rings. The Labute approximate surface area is 172 Å². The standard InChI is InChI=1S/C20H26N2O5S2/c1-27-17-7-5-16(6-8-17)21-11-4-12-22(14-13-21)19-10-9-18(28(2,23)24)15-20(19)29(3,25)26/h5-10,15H,4,11-14H2,1-3H3. The second kappa shape index (κ2) is 8.23. The predicted molar refractivity (Wildman–Crippen MR) is 115 cm³/mol. The Morgan fingerprint density at radius 3 is 2.00 bits per heavy atom. The normalized spacial score (nSPS) is 15.8. The van der Waals surface area contributed by atoms with Crippen molar-refractivity contribution in [2.75, 3.05) is 55.6 Å². The van der Waals surface area contributed by atoms with Gasteiger partial charge in [-0.2, -0.15) is 0 Å².